The summed E-state index contributed by atoms with van der Waals surface area (Å²) in [4.78, 5) is 0. The van der Waals surface area contributed by atoms with Crippen molar-refractivity contribution >= 4 is 0 Å². The summed E-state index contributed by atoms with van der Waals surface area (Å²) in [6, 6.07) is 0. The Morgan fingerprint density at radius 2 is 1.79 bits per heavy atom. The molecule has 0 saturated heterocycles. The first kappa shape index (κ1) is 13.9. The van der Waals surface area contributed by atoms with Crippen molar-refractivity contribution in [3.05, 3.63) is 0 Å². The Labute approximate surface area is 88.3 Å². The number of rotatable bonds is 8. The molecular weight excluding hydrogens is 176 g/mol. The summed E-state index contributed by atoms with van der Waals surface area (Å²) in [7, 11) is 0. The lowest BCUT2D eigenvalue weighted by molar-refractivity contribution is 0.00969. The zero-order valence-corrected chi connectivity index (χ0v) is 9.92. The zero-order chi connectivity index (χ0) is 11.0. The van der Waals surface area contributed by atoms with Gasteiger partial charge in [-0.15, -0.1) is 0 Å². The highest BCUT2D eigenvalue weighted by Gasteiger charge is 2.24. The maximum Gasteiger partial charge on any atom is 0.0645 e. The Bertz CT molecular complexity index is 132. The van der Waals surface area contributed by atoms with Crippen molar-refractivity contribution in [2.75, 3.05) is 6.61 Å². The molecule has 0 aromatic heterocycles. The molecule has 0 radical (unpaired) electrons. The SMILES string of the molecule is CCCC(O)(CC)CCC(CC)CO. The van der Waals surface area contributed by atoms with Crippen LogP contribution >= 0.6 is 0 Å². The third kappa shape index (κ3) is 4.97. The molecule has 0 heterocycles. The topological polar surface area (TPSA) is 40.5 Å². The lowest BCUT2D eigenvalue weighted by Gasteiger charge is -2.27. The van der Waals surface area contributed by atoms with Crippen LogP contribution in [0.5, 0.6) is 0 Å². The van der Waals surface area contributed by atoms with Gasteiger partial charge < -0.3 is 10.2 Å². The molecule has 2 heteroatoms. The molecule has 0 aliphatic heterocycles. The maximum atomic E-state index is 10.2. The monoisotopic (exact) mass is 202 g/mol. The van der Waals surface area contributed by atoms with E-state index >= 15 is 0 Å². The van der Waals surface area contributed by atoms with Crippen molar-refractivity contribution in [3.63, 3.8) is 0 Å². The average Bonchev–Trinajstić information content (AvgIpc) is 2.20. The average molecular weight is 202 g/mol. The Morgan fingerprint density at radius 3 is 2.14 bits per heavy atom. The van der Waals surface area contributed by atoms with Crippen LogP contribution in [0.25, 0.3) is 0 Å². The van der Waals surface area contributed by atoms with Gasteiger partial charge in [0.2, 0.25) is 0 Å². The van der Waals surface area contributed by atoms with Crippen LogP contribution in [0.2, 0.25) is 0 Å². The second-order valence-electron chi connectivity index (χ2n) is 4.32. The number of hydrogen-bond acceptors (Lipinski definition) is 2. The van der Waals surface area contributed by atoms with Crippen molar-refractivity contribution in [3.8, 4) is 0 Å². The van der Waals surface area contributed by atoms with E-state index < -0.39 is 5.60 Å². The smallest absolute Gasteiger partial charge is 0.0645 e. The van der Waals surface area contributed by atoms with Gasteiger partial charge in [0.1, 0.15) is 0 Å². The lowest BCUT2D eigenvalue weighted by atomic mass is 9.86. The normalized spacial score (nSPS) is 17.8. The van der Waals surface area contributed by atoms with E-state index in [0.717, 1.165) is 38.5 Å². The minimum atomic E-state index is -0.489. The van der Waals surface area contributed by atoms with Crippen molar-refractivity contribution in [1.29, 1.82) is 0 Å². The molecule has 2 unspecified atom stereocenters. The summed E-state index contributed by atoms with van der Waals surface area (Å²) >= 11 is 0. The van der Waals surface area contributed by atoms with Gasteiger partial charge in [0.15, 0.2) is 0 Å². The molecule has 0 aliphatic carbocycles. The Balaban J connectivity index is 3.92. The van der Waals surface area contributed by atoms with Crippen molar-refractivity contribution < 1.29 is 10.2 Å². The predicted molar refractivity (Wildman–Crippen MR) is 60.2 cm³/mol. The second-order valence-corrected chi connectivity index (χ2v) is 4.32. The third-order valence-electron chi connectivity index (χ3n) is 3.23. The first-order valence-electron chi connectivity index (χ1n) is 5.95. The van der Waals surface area contributed by atoms with E-state index in [-0.39, 0.29) is 6.61 Å². The molecule has 0 fully saturated rings. The Morgan fingerprint density at radius 1 is 1.14 bits per heavy atom. The molecule has 2 nitrogen and oxygen atoms in total. The van der Waals surface area contributed by atoms with Crippen LogP contribution in [0.3, 0.4) is 0 Å². The zero-order valence-electron chi connectivity index (χ0n) is 9.92. The molecule has 0 spiro atoms. The molecule has 2 N–H and O–H groups in total. The molecule has 0 aromatic carbocycles. The van der Waals surface area contributed by atoms with E-state index in [1.54, 1.807) is 0 Å². The Hall–Kier alpha value is -0.0800. The molecule has 0 aromatic rings. The fraction of sp³-hybridized carbons (Fsp3) is 1.00. The molecule has 2 atom stereocenters. The van der Waals surface area contributed by atoms with Gasteiger partial charge in [-0.1, -0.05) is 33.6 Å². The molecule has 14 heavy (non-hydrogen) atoms. The van der Waals surface area contributed by atoms with Gasteiger partial charge in [-0.25, -0.2) is 0 Å². The molecule has 0 saturated carbocycles. The van der Waals surface area contributed by atoms with E-state index in [4.69, 9.17) is 5.11 Å². The fourth-order valence-electron chi connectivity index (χ4n) is 1.84. The minimum Gasteiger partial charge on any atom is -0.396 e. The van der Waals surface area contributed by atoms with Gasteiger partial charge in [-0.05, 0) is 31.6 Å². The van der Waals surface area contributed by atoms with E-state index in [1.165, 1.54) is 0 Å². The van der Waals surface area contributed by atoms with Crippen molar-refractivity contribution in [1.82, 2.24) is 0 Å². The fourth-order valence-corrected chi connectivity index (χ4v) is 1.84. The number of aliphatic hydroxyl groups is 2. The first-order valence-corrected chi connectivity index (χ1v) is 5.95. The van der Waals surface area contributed by atoms with Crippen LogP contribution in [0, 0.1) is 5.92 Å². The highest BCUT2D eigenvalue weighted by molar-refractivity contribution is 4.77. The molecule has 0 rings (SSSR count). The summed E-state index contributed by atoms with van der Waals surface area (Å²) in [5, 5.41) is 19.2. The largest absolute Gasteiger partial charge is 0.396 e. The van der Waals surface area contributed by atoms with Gasteiger partial charge in [-0.2, -0.15) is 0 Å². The van der Waals surface area contributed by atoms with Gasteiger partial charge >= 0.3 is 0 Å². The minimum absolute atomic E-state index is 0.252. The summed E-state index contributed by atoms with van der Waals surface area (Å²) in [6.45, 7) is 6.48. The first-order chi connectivity index (χ1) is 6.61. The highest BCUT2D eigenvalue weighted by atomic mass is 16.3. The van der Waals surface area contributed by atoms with Crippen LogP contribution in [0.1, 0.15) is 59.3 Å². The van der Waals surface area contributed by atoms with Crippen LogP contribution < -0.4 is 0 Å². The maximum absolute atomic E-state index is 10.2. The standard InChI is InChI=1S/C12H26O2/c1-4-8-12(14,6-3)9-7-11(5-2)10-13/h11,13-14H,4-10H2,1-3H3. The van der Waals surface area contributed by atoms with Crippen LogP contribution in [0.15, 0.2) is 0 Å². The summed E-state index contributed by atoms with van der Waals surface area (Å²) in [5.74, 6) is 0.366. The van der Waals surface area contributed by atoms with Crippen LogP contribution in [-0.2, 0) is 0 Å². The van der Waals surface area contributed by atoms with E-state index in [1.807, 2.05) is 6.92 Å². The van der Waals surface area contributed by atoms with Crippen molar-refractivity contribution in [2.45, 2.75) is 64.9 Å². The third-order valence-corrected chi connectivity index (χ3v) is 3.23. The predicted octanol–water partition coefficient (Wildman–Crippen LogP) is 2.73. The van der Waals surface area contributed by atoms with Crippen molar-refractivity contribution in [2.24, 2.45) is 5.92 Å². The van der Waals surface area contributed by atoms with E-state index in [9.17, 15) is 5.11 Å². The summed E-state index contributed by atoms with van der Waals surface area (Å²) in [5.41, 5.74) is -0.489. The molecular formula is C12H26O2. The number of aliphatic hydroxyl groups excluding tert-OH is 1. The van der Waals surface area contributed by atoms with Gasteiger partial charge in [0.05, 0.1) is 5.60 Å². The quantitative estimate of drug-likeness (QED) is 0.635. The molecule has 0 bridgehead atoms. The van der Waals surface area contributed by atoms with Crippen LogP contribution in [0.4, 0.5) is 0 Å². The van der Waals surface area contributed by atoms with Gasteiger partial charge in [0.25, 0.3) is 0 Å². The summed E-state index contributed by atoms with van der Waals surface area (Å²) < 4.78 is 0. The van der Waals surface area contributed by atoms with E-state index in [0.29, 0.717) is 5.92 Å². The highest BCUT2D eigenvalue weighted by Crippen LogP contribution is 2.26. The second kappa shape index (κ2) is 7.24. The van der Waals surface area contributed by atoms with Gasteiger partial charge in [-0.3, -0.25) is 0 Å². The number of hydrogen-bond donors (Lipinski definition) is 2. The van der Waals surface area contributed by atoms with Gasteiger partial charge in [0, 0.05) is 6.61 Å². The van der Waals surface area contributed by atoms with Crippen LogP contribution in [-0.4, -0.2) is 22.4 Å². The molecule has 0 amide bonds. The lowest BCUT2D eigenvalue weighted by Crippen LogP contribution is -2.28. The summed E-state index contributed by atoms with van der Waals surface area (Å²) in [6.07, 6.45) is 5.50. The molecule has 0 aliphatic rings. The Kier molecular flexibility index (Phi) is 7.20. The van der Waals surface area contributed by atoms with E-state index in [2.05, 4.69) is 13.8 Å². The molecule has 86 valence electrons.